The lowest BCUT2D eigenvalue weighted by Gasteiger charge is -2.19. The Balaban J connectivity index is 2.10. The molecule has 0 aliphatic rings. The first kappa shape index (κ1) is 14.1. The third kappa shape index (κ3) is 3.59. The van der Waals surface area contributed by atoms with Crippen molar-refractivity contribution in [1.29, 1.82) is 0 Å². The zero-order valence-corrected chi connectivity index (χ0v) is 12.2. The van der Waals surface area contributed by atoms with Gasteiger partial charge in [-0.15, -0.1) is 0 Å². The summed E-state index contributed by atoms with van der Waals surface area (Å²) in [5, 5.41) is 4.26. The van der Waals surface area contributed by atoms with Crippen molar-refractivity contribution in [3.05, 3.63) is 70.2 Å². The van der Waals surface area contributed by atoms with Gasteiger partial charge in [-0.1, -0.05) is 60.1 Å². The maximum absolute atomic E-state index is 6.41. The van der Waals surface area contributed by atoms with E-state index >= 15 is 0 Å². The van der Waals surface area contributed by atoms with Gasteiger partial charge in [0.05, 0.1) is 0 Å². The van der Waals surface area contributed by atoms with Gasteiger partial charge in [0.1, 0.15) is 0 Å². The van der Waals surface area contributed by atoms with Crippen LogP contribution in [0.2, 0.25) is 5.02 Å². The summed E-state index contributed by atoms with van der Waals surface area (Å²) in [6.45, 7) is 2.05. The topological polar surface area (TPSA) is 12.0 Å². The fourth-order valence-corrected chi connectivity index (χ4v) is 2.61. The predicted octanol–water partition coefficient (Wildman–Crippen LogP) is 4.54. The molecule has 0 saturated heterocycles. The second kappa shape index (κ2) is 6.74. The molecule has 0 fully saturated rings. The highest BCUT2D eigenvalue weighted by Gasteiger charge is 2.13. The molecular formula is C17H20ClN. The molecule has 1 nitrogen and oxygen atoms in total. The van der Waals surface area contributed by atoms with E-state index in [9.17, 15) is 0 Å². The molecule has 100 valence electrons. The van der Waals surface area contributed by atoms with Crippen LogP contribution in [0.4, 0.5) is 0 Å². The summed E-state index contributed by atoms with van der Waals surface area (Å²) in [5.41, 5.74) is 3.70. The molecule has 0 heterocycles. The van der Waals surface area contributed by atoms with Crippen molar-refractivity contribution in [2.45, 2.75) is 25.8 Å². The Hall–Kier alpha value is -1.31. The van der Waals surface area contributed by atoms with E-state index in [1.807, 2.05) is 7.05 Å². The maximum Gasteiger partial charge on any atom is 0.0482 e. The molecule has 19 heavy (non-hydrogen) atoms. The smallest absolute Gasteiger partial charge is 0.0482 e. The first-order chi connectivity index (χ1) is 9.22. The lowest BCUT2D eigenvalue weighted by Crippen LogP contribution is -2.17. The highest BCUT2D eigenvalue weighted by Crippen LogP contribution is 2.28. The fourth-order valence-electron chi connectivity index (χ4n) is 2.35. The van der Waals surface area contributed by atoms with Gasteiger partial charge in [0, 0.05) is 11.1 Å². The van der Waals surface area contributed by atoms with Crippen LogP contribution in [0.1, 0.15) is 29.2 Å². The Bertz CT molecular complexity index is 522. The van der Waals surface area contributed by atoms with Crippen LogP contribution < -0.4 is 5.32 Å². The van der Waals surface area contributed by atoms with Gasteiger partial charge in [0.15, 0.2) is 0 Å². The van der Waals surface area contributed by atoms with Crippen molar-refractivity contribution >= 4 is 11.6 Å². The third-order valence-corrected chi connectivity index (χ3v) is 4.03. The third-order valence-electron chi connectivity index (χ3n) is 3.51. The first-order valence-electron chi connectivity index (χ1n) is 6.68. The van der Waals surface area contributed by atoms with Gasteiger partial charge >= 0.3 is 0 Å². The number of hydrogen-bond acceptors (Lipinski definition) is 1. The van der Waals surface area contributed by atoms with E-state index in [0.29, 0.717) is 6.04 Å². The van der Waals surface area contributed by atoms with Crippen LogP contribution in [0.3, 0.4) is 0 Å². The van der Waals surface area contributed by atoms with E-state index in [0.717, 1.165) is 23.4 Å². The van der Waals surface area contributed by atoms with E-state index in [1.165, 1.54) is 11.1 Å². The lowest BCUT2D eigenvalue weighted by atomic mass is 9.98. The van der Waals surface area contributed by atoms with Crippen molar-refractivity contribution in [3.8, 4) is 0 Å². The monoisotopic (exact) mass is 273 g/mol. The van der Waals surface area contributed by atoms with Gasteiger partial charge in [-0.2, -0.15) is 0 Å². The number of benzene rings is 2. The average molecular weight is 274 g/mol. The number of hydrogen-bond donors (Lipinski definition) is 1. The molecule has 1 unspecified atom stereocenters. The zero-order valence-electron chi connectivity index (χ0n) is 11.5. The molecule has 1 N–H and O–H groups in total. The Morgan fingerprint density at radius 1 is 1.05 bits per heavy atom. The van der Waals surface area contributed by atoms with Gasteiger partial charge in [-0.3, -0.25) is 0 Å². The van der Waals surface area contributed by atoms with Crippen molar-refractivity contribution < 1.29 is 0 Å². The van der Waals surface area contributed by atoms with Crippen LogP contribution in [0.5, 0.6) is 0 Å². The normalized spacial score (nSPS) is 12.4. The Morgan fingerprint density at radius 2 is 1.79 bits per heavy atom. The van der Waals surface area contributed by atoms with E-state index in [2.05, 4.69) is 60.8 Å². The molecule has 0 amide bonds. The molecule has 2 aromatic rings. The van der Waals surface area contributed by atoms with E-state index in [-0.39, 0.29) is 0 Å². The maximum atomic E-state index is 6.41. The second-order valence-corrected chi connectivity index (χ2v) is 5.22. The van der Waals surface area contributed by atoms with Crippen molar-refractivity contribution in [3.63, 3.8) is 0 Å². The van der Waals surface area contributed by atoms with Gasteiger partial charge in [-0.25, -0.2) is 0 Å². The standard InChI is InChI=1S/C17H20ClN/c1-13-7-6-10-15(17(13)18)16(19-2)12-11-14-8-4-3-5-9-14/h3-10,16,19H,11-12H2,1-2H3. The van der Waals surface area contributed by atoms with E-state index in [1.54, 1.807) is 0 Å². The summed E-state index contributed by atoms with van der Waals surface area (Å²) in [5.74, 6) is 0. The summed E-state index contributed by atoms with van der Waals surface area (Å²) in [6.07, 6.45) is 2.10. The number of halogens is 1. The van der Waals surface area contributed by atoms with Crippen LogP contribution in [0.25, 0.3) is 0 Å². The van der Waals surface area contributed by atoms with Gasteiger partial charge < -0.3 is 5.32 Å². The van der Waals surface area contributed by atoms with Crippen LogP contribution in [-0.2, 0) is 6.42 Å². The average Bonchev–Trinajstić information content (AvgIpc) is 2.45. The molecule has 1 atom stereocenters. The highest BCUT2D eigenvalue weighted by molar-refractivity contribution is 6.32. The molecule has 2 rings (SSSR count). The summed E-state index contributed by atoms with van der Waals surface area (Å²) in [4.78, 5) is 0. The fraction of sp³-hybridized carbons (Fsp3) is 0.294. The molecule has 0 radical (unpaired) electrons. The van der Waals surface area contributed by atoms with Crippen LogP contribution in [0, 0.1) is 6.92 Å². The van der Waals surface area contributed by atoms with E-state index in [4.69, 9.17) is 11.6 Å². The second-order valence-electron chi connectivity index (χ2n) is 4.84. The quantitative estimate of drug-likeness (QED) is 0.843. The molecule has 0 bridgehead atoms. The summed E-state index contributed by atoms with van der Waals surface area (Å²) >= 11 is 6.41. The van der Waals surface area contributed by atoms with E-state index < -0.39 is 0 Å². The van der Waals surface area contributed by atoms with Crippen LogP contribution in [0.15, 0.2) is 48.5 Å². The highest BCUT2D eigenvalue weighted by atomic mass is 35.5. The molecule has 0 aromatic heterocycles. The molecule has 0 aliphatic carbocycles. The van der Waals surface area contributed by atoms with Crippen molar-refractivity contribution in [2.24, 2.45) is 0 Å². The number of aryl methyl sites for hydroxylation is 2. The van der Waals surface area contributed by atoms with Crippen LogP contribution >= 0.6 is 11.6 Å². The molecule has 0 spiro atoms. The minimum Gasteiger partial charge on any atom is -0.313 e. The summed E-state index contributed by atoms with van der Waals surface area (Å²) in [7, 11) is 1.99. The molecule has 2 heteroatoms. The summed E-state index contributed by atoms with van der Waals surface area (Å²) < 4.78 is 0. The number of nitrogens with one attached hydrogen (secondary N) is 1. The first-order valence-corrected chi connectivity index (χ1v) is 7.06. The van der Waals surface area contributed by atoms with Gasteiger partial charge in [-0.05, 0) is 43.5 Å². The lowest BCUT2D eigenvalue weighted by molar-refractivity contribution is 0.549. The van der Waals surface area contributed by atoms with Gasteiger partial charge in [0.25, 0.3) is 0 Å². The zero-order chi connectivity index (χ0) is 13.7. The Kier molecular flexibility index (Phi) is 5.00. The Morgan fingerprint density at radius 3 is 2.47 bits per heavy atom. The Labute approximate surface area is 120 Å². The molecule has 0 saturated carbocycles. The SMILES string of the molecule is CNC(CCc1ccccc1)c1cccc(C)c1Cl. The minimum absolute atomic E-state index is 0.299. The van der Waals surface area contributed by atoms with Crippen molar-refractivity contribution in [2.75, 3.05) is 7.05 Å². The largest absolute Gasteiger partial charge is 0.313 e. The molecule has 0 aliphatic heterocycles. The predicted molar refractivity (Wildman–Crippen MR) is 82.8 cm³/mol. The minimum atomic E-state index is 0.299. The number of rotatable bonds is 5. The van der Waals surface area contributed by atoms with Crippen molar-refractivity contribution in [1.82, 2.24) is 5.32 Å². The summed E-state index contributed by atoms with van der Waals surface area (Å²) in [6, 6.07) is 17.1. The molecule has 2 aromatic carbocycles. The van der Waals surface area contributed by atoms with Gasteiger partial charge in [0.2, 0.25) is 0 Å². The molecular weight excluding hydrogens is 254 g/mol. The van der Waals surface area contributed by atoms with Crippen LogP contribution in [-0.4, -0.2) is 7.05 Å².